The normalized spacial score (nSPS) is 15.4. The molecule has 0 aliphatic carbocycles. The van der Waals surface area contributed by atoms with Gasteiger partial charge in [-0.05, 0) is 25.3 Å². The number of ether oxygens (including phenoxy) is 2. The molecule has 1 aromatic carbocycles. The van der Waals surface area contributed by atoms with Crippen LogP contribution in [0.15, 0.2) is 12.1 Å². The van der Waals surface area contributed by atoms with Gasteiger partial charge in [0.2, 0.25) is 0 Å². The minimum Gasteiger partial charge on any atom is -0.496 e. The van der Waals surface area contributed by atoms with E-state index in [9.17, 15) is 0 Å². The van der Waals surface area contributed by atoms with Crippen LogP contribution in [-0.2, 0) is 6.54 Å². The summed E-state index contributed by atoms with van der Waals surface area (Å²) in [7, 11) is 3.31. The summed E-state index contributed by atoms with van der Waals surface area (Å²) < 4.78 is 10.9. The number of methoxy groups -OCH3 is 2. The molecule has 5 heteroatoms. The zero-order chi connectivity index (χ0) is 13.7. The Morgan fingerprint density at radius 2 is 1.79 bits per heavy atom. The summed E-state index contributed by atoms with van der Waals surface area (Å²) in [6, 6.07) is 3.92. The maximum atomic E-state index is 8.86. The third-order valence-electron chi connectivity index (χ3n) is 3.55. The first-order chi connectivity index (χ1) is 9.30. The highest BCUT2D eigenvalue weighted by Crippen LogP contribution is 2.36. The first-order valence-electron chi connectivity index (χ1n) is 6.67. The van der Waals surface area contributed by atoms with Crippen molar-refractivity contribution in [1.29, 1.82) is 0 Å². The third kappa shape index (κ3) is 3.11. The smallest absolute Gasteiger partial charge is 0.142 e. The number of hydrogen-bond acceptors (Lipinski definition) is 5. The zero-order valence-corrected chi connectivity index (χ0v) is 11.6. The Balaban J connectivity index is 2.35. The summed E-state index contributed by atoms with van der Waals surface area (Å²) in [6.07, 6.45) is 3.72. The molecule has 1 heterocycles. The number of nitrogens with zero attached hydrogens (tertiary/aromatic N) is 1. The molecule has 0 atom stereocenters. The molecule has 1 aliphatic heterocycles. The fourth-order valence-corrected chi connectivity index (χ4v) is 2.55. The fourth-order valence-electron chi connectivity index (χ4n) is 2.55. The van der Waals surface area contributed by atoms with Crippen molar-refractivity contribution in [3.05, 3.63) is 17.7 Å². The Morgan fingerprint density at radius 3 is 2.37 bits per heavy atom. The standard InChI is InChI=1S/C14H22N2O3/c1-18-13-9-12(16-6-4-3-5-7-16)14(19-2)8-11(13)10-15-17/h8-9,15,17H,3-7,10H2,1-2H3. The molecule has 0 aromatic heterocycles. The summed E-state index contributed by atoms with van der Waals surface area (Å²) in [5, 5.41) is 8.86. The monoisotopic (exact) mass is 266 g/mol. The van der Waals surface area contributed by atoms with Crippen molar-refractivity contribution in [3.63, 3.8) is 0 Å². The molecule has 0 saturated carbocycles. The second-order valence-corrected chi connectivity index (χ2v) is 4.72. The van der Waals surface area contributed by atoms with E-state index in [1.165, 1.54) is 19.3 Å². The van der Waals surface area contributed by atoms with Crippen LogP contribution in [0.3, 0.4) is 0 Å². The maximum absolute atomic E-state index is 8.86. The lowest BCUT2D eigenvalue weighted by molar-refractivity contribution is 0.160. The first-order valence-corrected chi connectivity index (χ1v) is 6.67. The van der Waals surface area contributed by atoms with Gasteiger partial charge in [0.05, 0.1) is 19.9 Å². The molecule has 0 radical (unpaired) electrons. The predicted molar refractivity (Wildman–Crippen MR) is 74.2 cm³/mol. The van der Waals surface area contributed by atoms with Gasteiger partial charge in [0, 0.05) is 31.3 Å². The molecular weight excluding hydrogens is 244 g/mol. The van der Waals surface area contributed by atoms with Crippen LogP contribution < -0.4 is 19.9 Å². The molecule has 19 heavy (non-hydrogen) atoms. The van der Waals surface area contributed by atoms with Crippen LogP contribution in [0, 0.1) is 0 Å². The molecule has 0 bridgehead atoms. The van der Waals surface area contributed by atoms with Crippen molar-refractivity contribution in [2.75, 3.05) is 32.2 Å². The first kappa shape index (κ1) is 14.0. The molecule has 1 fully saturated rings. The minimum absolute atomic E-state index is 0.333. The van der Waals surface area contributed by atoms with Gasteiger partial charge in [0.25, 0.3) is 0 Å². The summed E-state index contributed by atoms with van der Waals surface area (Å²) in [5.74, 6) is 1.59. The SMILES string of the molecule is COc1cc(N2CCCCC2)c(OC)cc1CNO. The molecule has 0 spiro atoms. The Labute approximate surface area is 114 Å². The summed E-state index contributed by atoms with van der Waals surface area (Å²) in [5.41, 5.74) is 4.11. The molecule has 5 nitrogen and oxygen atoms in total. The molecular formula is C14H22N2O3. The van der Waals surface area contributed by atoms with E-state index in [-0.39, 0.29) is 0 Å². The van der Waals surface area contributed by atoms with Crippen molar-refractivity contribution < 1.29 is 14.7 Å². The minimum atomic E-state index is 0.333. The van der Waals surface area contributed by atoms with Gasteiger partial charge in [-0.1, -0.05) is 0 Å². The van der Waals surface area contributed by atoms with Gasteiger partial charge in [0.1, 0.15) is 11.5 Å². The van der Waals surface area contributed by atoms with E-state index < -0.39 is 0 Å². The van der Waals surface area contributed by atoms with E-state index in [4.69, 9.17) is 14.7 Å². The highest BCUT2D eigenvalue weighted by molar-refractivity contribution is 5.64. The maximum Gasteiger partial charge on any atom is 0.142 e. The average molecular weight is 266 g/mol. The number of hydroxylamine groups is 1. The lowest BCUT2D eigenvalue weighted by Gasteiger charge is -2.30. The molecule has 1 aliphatic rings. The number of piperidine rings is 1. The van der Waals surface area contributed by atoms with Crippen LogP contribution in [0.2, 0.25) is 0 Å². The van der Waals surface area contributed by atoms with E-state index in [0.717, 1.165) is 35.8 Å². The average Bonchev–Trinajstić information content (AvgIpc) is 2.48. The molecule has 1 aromatic rings. The van der Waals surface area contributed by atoms with Crippen LogP contribution in [0.5, 0.6) is 11.5 Å². The summed E-state index contributed by atoms with van der Waals surface area (Å²) >= 11 is 0. The van der Waals surface area contributed by atoms with Gasteiger partial charge in [-0.25, -0.2) is 5.48 Å². The lowest BCUT2D eigenvalue weighted by Crippen LogP contribution is -2.29. The number of benzene rings is 1. The van der Waals surface area contributed by atoms with Crippen molar-refractivity contribution in [3.8, 4) is 11.5 Å². The van der Waals surface area contributed by atoms with Gasteiger partial charge in [-0.15, -0.1) is 0 Å². The Hall–Kier alpha value is -1.46. The second-order valence-electron chi connectivity index (χ2n) is 4.72. The lowest BCUT2D eigenvalue weighted by atomic mass is 10.1. The van der Waals surface area contributed by atoms with E-state index in [1.807, 2.05) is 12.1 Å². The largest absolute Gasteiger partial charge is 0.496 e. The summed E-state index contributed by atoms with van der Waals surface area (Å²) in [4.78, 5) is 2.33. The van der Waals surface area contributed by atoms with Gasteiger partial charge in [-0.2, -0.15) is 0 Å². The van der Waals surface area contributed by atoms with Crippen LogP contribution in [-0.4, -0.2) is 32.5 Å². The van der Waals surface area contributed by atoms with Crippen molar-refractivity contribution in [2.24, 2.45) is 0 Å². The number of hydrogen-bond donors (Lipinski definition) is 2. The topological polar surface area (TPSA) is 54.0 Å². The molecule has 0 unspecified atom stereocenters. The van der Waals surface area contributed by atoms with E-state index in [0.29, 0.717) is 6.54 Å². The quantitative estimate of drug-likeness (QED) is 0.800. The Kier molecular flexibility index (Phi) is 4.87. The fraction of sp³-hybridized carbons (Fsp3) is 0.571. The number of anilines is 1. The summed E-state index contributed by atoms with van der Waals surface area (Å²) in [6.45, 7) is 2.44. The van der Waals surface area contributed by atoms with E-state index in [2.05, 4.69) is 10.4 Å². The van der Waals surface area contributed by atoms with Crippen LogP contribution in [0.25, 0.3) is 0 Å². The second kappa shape index (κ2) is 6.63. The van der Waals surface area contributed by atoms with E-state index >= 15 is 0 Å². The van der Waals surface area contributed by atoms with Crippen LogP contribution in [0.1, 0.15) is 24.8 Å². The van der Waals surface area contributed by atoms with Crippen molar-refractivity contribution >= 4 is 5.69 Å². The van der Waals surface area contributed by atoms with E-state index in [1.54, 1.807) is 14.2 Å². The van der Waals surface area contributed by atoms with Gasteiger partial charge >= 0.3 is 0 Å². The number of nitrogens with one attached hydrogen (secondary N) is 1. The molecule has 0 amide bonds. The third-order valence-corrected chi connectivity index (χ3v) is 3.55. The predicted octanol–water partition coefficient (Wildman–Crippen LogP) is 2.17. The zero-order valence-electron chi connectivity index (χ0n) is 11.6. The van der Waals surface area contributed by atoms with Crippen molar-refractivity contribution in [2.45, 2.75) is 25.8 Å². The Morgan fingerprint density at radius 1 is 1.11 bits per heavy atom. The highest BCUT2D eigenvalue weighted by atomic mass is 16.5. The molecule has 106 valence electrons. The van der Waals surface area contributed by atoms with Crippen LogP contribution in [0.4, 0.5) is 5.69 Å². The van der Waals surface area contributed by atoms with Crippen LogP contribution >= 0.6 is 0 Å². The van der Waals surface area contributed by atoms with Gasteiger partial charge < -0.3 is 19.6 Å². The van der Waals surface area contributed by atoms with Gasteiger partial charge in [0.15, 0.2) is 0 Å². The molecule has 2 N–H and O–H groups in total. The highest BCUT2D eigenvalue weighted by Gasteiger charge is 2.18. The Bertz CT molecular complexity index is 417. The number of rotatable bonds is 5. The molecule has 1 saturated heterocycles. The van der Waals surface area contributed by atoms with Gasteiger partial charge in [-0.3, -0.25) is 0 Å². The van der Waals surface area contributed by atoms with Crippen molar-refractivity contribution in [1.82, 2.24) is 5.48 Å². The molecule has 2 rings (SSSR count).